The lowest BCUT2D eigenvalue weighted by molar-refractivity contribution is 0.0857. The van der Waals surface area contributed by atoms with Crippen LogP contribution < -0.4 is 10.6 Å². The molecule has 2 fully saturated rings. The van der Waals surface area contributed by atoms with Crippen LogP contribution in [0.25, 0.3) is 0 Å². The summed E-state index contributed by atoms with van der Waals surface area (Å²) in [5.41, 5.74) is 1.54. The Morgan fingerprint density at radius 1 is 1.24 bits per heavy atom. The van der Waals surface area contributed by atoms with E-state index >= 15 is 0 Å². The van der Waals surface area contributed by atoms with Crippen LogP contribution in [-0.4, -0.2) is 36.2 Å². The summed E-state index contributed by atoms with van der Waals surface area (Å²) in [4.78, 5) is 16.3. The molecule has 2 N–H and O–H groups in total. The number of pyridine rings is 1. The molecule has 1 aromatic heterocycles. The molecule has 1 amide bonds. The van der Waals surface area contributed by atoms with Crippen molar-refractivity contribution < 1.29 is 9.53 Å². The fourth-order valence-corrected chi connectivity index (χ4v) is 3.06. The maximum absolute atomic E-state index is 12.2. The highest BCUT2D eigenvalue weighted by atomic mass is 16.5. The van der Waals surface area contributed by atoms with Gasteiger partial charge in [0.15, 0.2) is 0 Å². The molecule has 5 nitrogen and oxygen atoms in total. The molecule has 1 aromatic rings. The first-order chi connectivity index (χ1) is 10.3. The van der Waals surface area contributed by atoms with Crippen molar-refractivity contribution in [2.24, 2.45) is 0 Å². The zero-order chi connectivity index (χ0) is 14.5. The Bertz CT molecular complexity index is 480. The van der Waals surface area contributed by atoms with E-state index in [-0.39, 0.29) is 12.0 Å². The molecule has 0 radical (unpaired) electrons. The third-order valence-corrected chi connectivity index (χ3v) is 4.24. The van der Waals surface area contributed by atoms with Crippen LogP contribution in [0.3, 0.4) is 0 Å². The molecule has 0 spiro atoms. The van der Waals surface area contributed by atoms with Crippen LogP contribution in [0.15, 0.2) is 18.5 Å². The van der Waals surface area contributed by atoms with Gasteiger partial charge in [0.2, 0.25) is 0 Å². The number of carbonyl (C=O) groups excluding carboxylic acids is 1. The maximum atomic E-state index is 12.2. The van der Waals surface area contributed by atoms with Gasteiger partial charge in [0, 0.05) is 31.6 Å². The predicted molar refractivity (Wildman–Crippen MR) is 81.4 cm³/mol. The number of anilines is 1. The first kappa shape index (κ1) is 14.3. The molecule has 1 aliphatic carbocycles. The van der Waals surface area contributed by atoms with Gasteiger partial charge in [-0.2, -0.15) is 0 Å². The SMILES string of the molecule is O=C(NCC1CCCO1)c1cncc(NC2CCCC2)c1. The van der Waals surface area contributed by atoms with Crippen molar-refractivity contribution in [1.29, 1.82) is 0 Å². The van der Waals surface area contributed by atoms with E-state index in [1.807, 2.05) is 6.07 Å². The predicted octanol–water partition coefficient (Wildman–Crippen LogP) is 2.34. The van der Waals surface area contributed by atoms with Crippen LogP contribution >= 0.6 is 0 Å². The molecule has 0 bridgehead atoms. The van der Waals surface area contributed by atoms with Gasteiger partial charge >= 0.3 is 0 Å². The van der Waals surface area contributed by atoms with Gasteiger partial charge in [-0.1, -0.05) is 12.8 Å². The largest absolute Gasteiger partial charge is 0.381 e. The topological polar surface area (TPSA) is 63.2 Å². The van der Waals surface area contributed by atoms with Gasteiger partial charge in [0.1, 0.15) is 0 Å². The van der Waals surface area contributed by atoms with E-state index in [1.165, 1.54) is 25.7 Å². The molecular weight excluding hydrogens is 266 g/mol. The average molecular weight is 289 g/mol. The zero-order valence-corrected chi connectivity index (χ0v) is 12.3. The van der Waals surface area contributed by atoms with Gasteiger partial charge in [-0.05, 0) is 31.7 Å². The second-order valence-corrected chi connectivity index (χ2v) is 5.93. The van der Waals surface area contributed by atoms with Crippen molar-refractivity contribution in [3.63, 3.8) is 0 Å². The smallest absolute Gasteiger partial charge is 0.253 e. The molecule has 2 aliphatic rings. The first-order valence-corrected chi connectivity index (χ1v) is 7.92. The number of amides is 1. The highest BCUT2D eigenvalue weighted by molar-refractivity contribution is 5.94. The van der Waals surface area contributed by atoms with Crippen LogP contribution in [0.1, 0.15) is 48.9 Å². The second-order valence-electron chi connectivity index (χ2n) is 5.93. The van der Waals surface area contributed by atoms with E-state index in [0.717, 1.165) is 25.1 Å². The van der Waals surface area contributed by atoms with E-state index in [1.54, 1.807) is 12.4 Å². The number of rotatable bonds is 5. The molecule has 3 rings (SSSR count). The van der Waals surface area contributed by atoms with Crippen molar-refractivity contribution in [2.45, 2.75) is 50.7 Å². The molecule has 1 unspecified atom stereocenters. The highest BCUT2D eigenvalue weighted by Crippen LogP contribution is 2.22. The molecule has 0 aromatic carbocycles. The first-order valence-electron chi connectivity index (χ1n) is 7.92. The van der Waals surface area contributed by atoms with E-state index in [9.17, 15) is 4.79 Å². The lowest BCUT2D eigenvalue weighted by Gasteiger charge is -2.14. The Kier molecular flexibility index (Phi) is 4.70. The fraction of sp³-hybridized carbons (Fsp3) is 0.625. The lowest BCUT2D eigenvalue weighted by Crippen LogP contribution is -2.31. The molecule has 1 saturated heterocycles. The number of hydrogen-bond acceptors (Lipinski definition) is 4. The standard InChI is InChI=1S/C16H23N3O2/c20-16(18-11-15-6-3-7-21-15)12-8-14(10-17-9-12)19-13-4-1-2-5-13/h8-10,13,15,19H,1-7,11H2,(H,18,20). The summed E-state index contributed by atoms with van der Waals surface area (Å²) in [6, 6.07) is 2.41. The van der Waals surface area contributed by atoms with Crippen LogP contribution in [0.2, 0.25) is 0 Å². The summed E-state index contributed by atoms with van der Waals surface area (Å²) >= 11 is 0. The summed E-state index contributed by atoms with van der Waals surface area (Å²) in [5, 5.41) is 6.40. The van der Waals surface area contributed by atoms with Crippen molar-refractivity contribution in [2.75, 3.05) is 18.5 Å². The summed E-state index contributed by atoms with van der Waals surface area (Å²) in [7, 11) is 0. The van der Waals surface area contributed by atoms with Gasteiger partial charge < -0.3 is 15.4 Å². The molecule has 21 heavy (non-hydrogen) atoms. The number of nitrogens with one attached hydrogen (secondary N) is 2. The van der Waals surface area contributed by atoms with Crippen molar-refractivity contribution in [3.05, 3.63) is 24.0 Å². The third-order valence-electron chi connectivity index (χ3n) is 4.24. The number of carbonyl (C=O) groups is 1. The van der Waals surface area contributed by atoms with Gasteiger partial charge in [-0.25, -0.2) is 0 Å². The highest BCUT2D eigenvalue weighted by Gasteiger charge is 2.18. The van der Waals surface area contributed by atoms with E-state index < -0.39 is 0 Å². The summed E-state index contributed by atoms with van der Waals surface area (Å²) < 4.78 is 5.51. The lowest BCUT2D eigenvalue weighted by atomic mass is 10.2. The Balaban J connectivity index is 1.54. The second kappa shape index (κ2) is 6.89. The number of nitrogens with zero attached hydrogens (tertiary/aromatic N) is 1. The van der Waals surface area contributed by atoms with E-state index in [4.69, 9.17) is 4.74 Å². The van der Waals surface area contributed by atoms with E-state index in [0.29, 0.717) is 18.2 Å². The van der Waals surface area contributed by atoms with Crippen LogP contribution in [0, 0.1) is 0 Å². The molecule has 2 heterocycles. The van der Waals surface area contributed by atoms with Gasteiger partial charge in [0.05, 0.1) is 17.4 Å². The Hall–Kier alpha value is -1.62. The van der Waals surface area contributed by atoms with Crippen LogP contribution in [-0.2, 0) is 4.74 Å². The number of aromatic nitrogens is 1. The van der Waals surface area contributed by atoms with Crippen molar-refractivity contribution in [3.8, 4) is 0 Å². The zero-order valence-electron chi connectivity index (χ0n) is 12.3. The average Bonchev–Trinajstić information content (AvgIpc) is 3.18. The summed E-state index contributed by atoms with van der Waals surface area (Å²) in [6.07, 6.45) is 10.7. The minimum atomic E-state index is -0.0759. The maximum Gasteiger partial charge on any atom is 0.253 e. The Morgan fingerprint density at radius 2 is 2.10 bits per heavy atom. The Morgan fingerprint density at radius 3 is 2.86 bits per heavy atom. The van der Waals surface area contributed by atoms with Crippen LogP contribution in [0.5, 0.6) is 0 Å². The molecule has 1 atom stereocenters. The third kappa shape index (κ3) is 3.94. The van der Waals surface area contributed by atoms with Crippen molar-refractivity contribution in [1.82, 2.24) is 10.3 Å². The summed E-state index contributed by atoms with van der Waals surface area (Å²) in [5.74, 6) is -0.0759. The van der Waals surface area contributed by atoms with Gasteiger partial charge in [0.25, 0.3) is 5.91 Å². The van der Waals surface area contributed by atoms with Gasteiger partial charge in [-0.3, -0.25) is 9.78 Å². The molecule has 1 aliphatic heterocycles. The van der Waals surface area contributed by atoms with Crippen LogP contribution in [0.4, 0.5) is 5.69 Å². The molecule has 1 saturated carbocycles. The summed E-state index contributed by atoms with van der Waals surface area (Å²) in [6.45, 7) is 1.39. The number of ether oxygens (including phenoxy) is 1. The fourth-order valence-electron chi connectivity index (χ4n) is 3.06. The normalized spacial score (nSPS) is 22.4. The van der Waals surface area contributed by atoms with Gasteiger partial charge in [-0.15, -0.1) is 0 Å². The number of hydrogen-bond donors (Lipinski definition) is 2. The molecular formula is C16H23N3O2. The van der Waals surface area contributed by atoms with E-state index in [2.05, 4.69) is 15.6 Å². The van der Waals surface area contributed by atoms with Crippen molar-refractivity contribution >= 4 is 11.6 Å². The monoisotopic (exact) mass is 289 g/mol. The minimum absolute atomic E-state index is 0.0759. The Labute approximate surface area is 125 Å². The quantitative estimate of drug-likeness (QED) is 0.873. The molecule has 114 valence electrons. The molecule has 5 heteroatoms. The minimum Gasteiger partial charge on any atom is -0.381 e.